The largest absolute Gasteiger partial charge is 0.415 e. The van der Waals surface area contributed by atoms with E-state index in [0.29, 0.717) is 23.0 Å². The first-order valence-electron chi connectivity index (χ1n) is 13.6. The van der Waals surface area contributed by atoms with Crippen LogP contribution in [0.3, 0.4) is 0 Å². The van der Waals surface area contributed by atoms with E-state index in [4.69, 9.17) is 8.85 Å². The maximum atomic E-state index is 6.66. The number of hydrogen-bond donors (Lipinski definition) is 0. The lowest BCUT2D eigenvalue weighted by molar-refractivity contribution is -0.129. The molecule has 0 aromatic carbocycles. The first-order chi connectivity index (χ1) is 14.2. The highest BCUT2D eigenvalue weighted by Crippen LogP contribution is 2.68. The highest BCUT2D eigenvalue weighted by atomic mass is 28.4. The van der Waals surface area contributed by atoms with Gasteiger partial charge in [-0.15, -0.1) is 0 Å². The van der Waals surface area contributed by atoms with Crippen LogP contribution >= 0.6 is 0 Å². The van der Waals surface area contributed by atoms with Crippen LogP contribution in [0.15, 0.2) is 0 Å². The van der Waals surface area contributed by atoms with Crippen molar-refractivity contribution in [1.82, 2.24) is 0 Å². The average Bonchev–Trinajstić information content (AvgIpc) is 2.97. The molecule has 180 valence electrons. The van der Waals surface area contributed by atoms with Gasteiger partial charge in [0.2, 0.25) is 0 Å². The molecular formula is C27H52O2Si2. The molecule has 4 fully saturated rings. The molecule has 0 aromatic heterocycles. The van der Waals surface area contributed by atoms with Gasteiger partial charge >= 0.3 is 0 Å². The highest BCUT2D eigenvalue weighted by Gasteiger charge is 2.61. The molecule has 0 aliphatic heterocycles. The van der Waals surface area contributed by atoms with Crippen LogP contribution in [0.2, 0.25) is 39.3 Å². The summed E-state index contributed by atoms with van der Waals surface area (Å²) < 4.78 is 13.3. The third-order valence-electron chi connectivity index (χ3n) is 10.3. The van der Waals surface area contributed by atoms with Gasteiger partial charge in [-0.3, -0.25) is 0 Å². The van der Waals surface area contributed by atoms with E-state index < -0.39 is 16.6 Å². The summed E-state index contributed by atoms with van der Waals surface area (Å²) in [7, 11) is -2.91. The van der Waals surface area contributed by atoms with Crippen molar-refractivity contribution in [2.45, 2.75) is 130 Å². The standard InChI is InChI=1S/C27H52O2Si2/c1-19(28-30(4,5)6)23-12-13-24-22-11-10-20-18-21(29-31(7,8)9)14-16-26(20,2)25(22)15-17-27(23,24)3/h19-25H,10-18H2,1-9H3/t19-,20+,21+,22?,23+,24?,25?,26-,27+/m0/s1. The first-order valence-corrected chi connectivity index (χ1v) is 20.4. The first kappa shape index (κ1) is 24.5. The minimum Gasteiger partial charge on any atom is -0.415 e. The van der Waals surface area contributed by atoms with Crippen molar-refractivity contribution < 1.29 is 8.85 Å². The molecule has 0 aromatic rings. The van der Waals surface area contributed by atoms with Crippen molar-refractivity contribution in [3.8, 4) is 0 Å². The van der Waals surface area contributed by atoms with Crippen molar-refractivity contribution in [2.75, 3.05) is 0 Å². The Morgan fingerprint density at radius 3 is 2.03 bits per heavy atom. The molecule has 4 aliphatic carbocycles. The summed E-state index contributed by atoms with van der Waals surface area (Å²) in [6.45, 7) is 21.9. The minimum absolute atomic E-state index is 0.444. The van der Waals surface area contributed by atoms with Crippen LogP contribution in [0.4, 0.5) is 0 Å². The summed E-state index contributed by atoms with van der Waals surface area (Å²) in [6.07, 6.45) is 13.8. The fourth-order valence-corrected chi connectivity index (χ4v) is 11.8. The minimum atomic E-state index is -1.48. The van der Waals surface area contributed by atoms with E-state index >= 15 is 0 Å². The third-order valence-corrected chi connectivity index (χ3v) is 12.4. The lowest BCUT2D eigenvalue weighted by atomic mass is 9.44. The van der Waals surface area contributed by atoms with Gasteiger partial charge in [0.25, 0.3) is 0 Å². The highest BCUT2D eigenvalue weighted by molar-refractivity contribution is 6.70. The Balaban J connectivity index is 1.48. The third kappa shape index (κ3) is 4.66. The van der Waals surface area contributed by atoms with Crippen molar-refractivity contribution in [1.29, 1.82) is 0 Å². The fraction of sp³-hybridized carbons (Fsp3) is 1.00. The maximum absolute atomic E-state index is 6.66. The van der Waals surface area contributed by atoms with Crippen LogP contribution in [-0.2, 0) is 8.85 Å². The Morgan fingerprint density at radius 2 is 1.39 bits per heavy atom. The molecule has 0 amide bonds. The Morgan fingerprint density at radius 1 is 0.742 bits per heavy atom. The van der Waals surface area contributed by atoms with E-state index in [1.165, 1.54) is 57.8 Å². The molecule has 31 heavy (non-hydrogen) atoms. The predicted molar refractivity (Wildman–Crippen MR) is 137 cm³/mol. The average molecular weight is 465 g/mol. The summed E-state index contributed by atoms with van der Waals surface area (Å²) in [5.41, 5.74) is 1.09. The number of fused-ring (bicyclic) bond motifs is 5. The number of rotatable bonds is 5. The van der Waals surface area contributed by atoms with E-state index in [9.17, 15) is 0 Å². The van der Waals surface area contributed by atoms with Crippen molar-refractivity contribution in [3.05, 3.63) is 0 Å². The molecular weight excluding hydrogens is 412 g/mol. The van der Waals surface area contributed by atoms with Gasteiger partial charge in [0, 0.05) is 12.2 Å². The summed E-state index contributed by atoms with van der Waals surface area (Å²) in [6, 6.07) is 0. The second kappa shape index (κ2) is 8.24. The monoisotopic (exact) mass is 464 g/mol. The van der Waals surface area contributed by atoms with Gasteiger partial charge in [-0.1, -0.05) is 13.8 Å². The predicted octanol–water partition coefficient (Wildman–Crippen LogP) is 8.11. The maximum Gasteiger partial charge on any atom is 0.184 e. The van der Waals surface area contributed by atoms with E-state index in [1.54, 1.807) is 0 Å². The van der Waals surface area contributed by atoms with Gasteiger partial charge in [-0.25, -0.2) is 0 Å². The molecule has 0 spiro atoms. The zero-order valence-corrected chi connectivity index (χ0v) is 24.2. The van der Waals surface area contributed by atoms with E-state index in [1.807, 2.05) is 0 Å². The van der Waals surface area contributed by atoms with Crippen LogP contribution in [0, 0.1) is 40.4 Å². The molecule has 0 N–H and O–H groups in total. The summed E-state index contributed by atoms with van der Waals surface area (Å²) in [5.74, 6) is 4.55. The van der Waals surface area contributed by atoms with Gasteiger partial charge in [-0.05, 0) is 144 Å². The zero-order chi connectivity index (χ0) is 22.8. The lowest BCUT2D eigenvalue weighted by Crippen LogP contribution is -2.55. The van der Waals surface area contributed by atoms with Gasteiger partial charge in [0.1, 0.15) is 0 Å². The van der Waals surface area contributed by atoms with E-state index in [-0.39, 0.29) is 0 Å². The van der Waals surface area contributed by atoms with Gasteiger partial charge in [0.05, 0.1) is 0 Å². The van der Waals surface area contributed by atoms with Gasteiger partial charge in [-0.2, -0.15) is 0 Å². The molecule has 9 atom stereocenters. The molecule has 4 heteroatoms. The zero-order valence-electron chi connectivity index (χ0n) is 22.2. The lowest BCUT2D eigenvalue weighted by Gasteiger charge is -2.61. The SMILES string of the molecule is C[C@H](O[Si](C)(C)C)[C@H]1CCC2C3CC[C@@H]4C[C@H](O[Si](C)(C)C)CC[C@]4(C)C3CC[C@@]21C. The van der Waals surface area contributed by atoms with Crippen LogP contribution in [0.25, 0.3) is 0 Å². The molecule has 4 saturated carbocycles. The Hall–Kier alpha value is 0.354. The van der Waals surface area contributed by atoms with Crippen molar-refractivity contribution in [3.63, 3.8) is 0 Å². The smallest absolute Gasteiger partial charge is 0.184 e. The molecule has 3 unspecified atom stereocenters. The second-order valence-electron chi connectivity index (χ2n) is 14.4. The topological polar surface area (TPSA) is 18.5 Å². The molecule has 0 heterocycles. The molecule has 4 rings (SSSR count). The van der Waals surface area contributed by atoms with Crippen LogP contribution in [0.1, 0.15) is 78.6 Å². The molecule has 2 nitrogen and oxygen atoms in total. The normalized spacial score (nSPS) is 46.7. The molecule has 4 aliphatic rings. The van der Waals surface area contributed by atoms with Crippen molar-refractivity contribution in [2.24, 2.45) is 40.4 Å². The van der Waals surface area contributed by atoms with Crippen molar-refractivity contribution >= 4 is 16.6 Å². The number of hydrogen-bond acceptors (Lipinski definition) is 2. The summed E-state index contributed by atoms with van der Waals surface area (Å²) in [5, 5.41) is 0. The fourth-order valence-electron chi connectivity index (χ4n) is 9.28. The molecule has 0 bridgehead atoms. The summed E-state index contributed by atoms with van der Waals surface area (Å²) >= 11 is 0. The Labute approximate surface area is 195 Å². The molecule has 0 radical (unpaired) electrons. The van der Waals surface area contributed by atoms with Crippen LogP contribution < -0.4 is 0 Å². The van der Waals surface area contributed by atoms with E-state index in [2.05, 4.69) is 60.1 Å². The van der Waals surface area contributed by atoms with Gasteiger partial charge < -0.3 is 8.85 Å². The Bertz CT molecular complexity index is 653. The molecule has 0 saturated heterocycles. The van der Waals surface area contributed by atoms with Crippen LogP contribution in [0.5, 0.6) is 0 Å². The summed E-state index contributed by atoms with van der Waals surface area (Å²) in [4.78, 5) is 0. The second-order valence-corrected chi connectivity index (χ2v) is 23.4. The van der Waals surface area contributed by atoms with E-state index in [0.717, 1.165) is 29.6 Å². The van der Waals surface area contributed by atoms with Crippen LogP contribution in [-0.4, -0.2) is 28.8 Å². The van der Waals surface area contributed by atoms with Gasteiger partial charge in [0.15, 0.2) is 16.6 Å². The Kier molecular flexibility index (Phi) is 6.50. The quantitative estimate of drug-likeness (QED) is 0.382.